The molecule has 1 rings (SSSR count). The fourth-order valence-electron chi connectivity index (χ4n) is 1.30. The lowest BCUT2D eigenvalue weighted by atomic mass is 10.1. The van der Waals surface area contributed by atoms with Crippen LogP contribution in [0, 0.1) is 0 Å². The predicted octanol–water partition coefficient (Wildman–Crippen LogP) is 1.68. The van der Waals surface area contributed by atoms with Gasteiger partial charge in [0, 0.05) is 0 Å². The molecule has 1 aliphatic carbocycles. The zero-order chi connectivity index (χ0) is 9.19. The van der Waals surface area contributed by atoms with Gasteiger partial charge in [-0.2, -0.15) is 0 Å². The van der Waals surface area contributed by atoms with Gasteiger partial charge in [0.1, 0.15) is 6.10 Å². The molecule has 3 nitrogen and oxygen atoms in total. The fraction of sp³-hybridized carbons (Fsp3) is 0.889. The average Bonchev–Trinajstić information content (AvgIpc) is 2.37. The maximum absolute atomic E-state index is 11.1. The summed E-state index contributed by atoms with van der Waals surface area (Å²) in [6.45, 7) is 2.68. The molecule has 1 radical (unpaired) electrons. The molecule has 0 atom stereocenters. The normalized spacial score (nSPS) is 19.6. The standard InChI is InChI=1S/C9H15O3/c1-9(2,11)8(10)12-7-5-3-4-6-7/h7H,3-6H2,1-2H3. The Morgan fingerprint density at radius 2 is 1.83 bits per heavy atom. The van der Waals surface area contributed by atoms with Gasteiger partial charge in [-0.1, -0.05) is 0 Å². The minimum Gasteiger partial charge on any atom is -0.460 e. The molecule has 3 heteroatoms. The van der Waals surface area contributed by atoms with Crippen molar-refractivity contribution in [2.24, 2.45) is 0 Å². The van der Waals surface area contributed by atoms with Crippen LogP contribution in [0.2, 0.25) is 0 Å². The van der Waals surface area contributed by atoms with Crippen molar-refractivity contribution in [2.45, 2.75) is 51.2 Å². The van der Waals surface area contributed by atoms with Gasteiger partial charge in [-0.05, 0) is 39.5 Å². The van der Waals surface area contributed by atoms with E-state index in [4.69, 9.17) is 4.74 Å². The van der Waals surface area contributed by atoms with Gasteiger partial charge in [-0.25, -0.2) is 9.90 Å². The number of carbonyl (C=O) groups excluding carboxylic acids is 1. The summed E-state index contributed by atoms with van der Waals surface area (Å²) in [6.07, 6.45) is 4.06. The maximum Gasteiger partial charge on any atom is 0.341 e. The molecule has 0 aromatic heterocycles. The SMILES string of the molecule is CC(C)([O])C(=O)OC1CCCC1. The van der Waals surface area contributed by atoms with Crippen molar-refractivity contribution >= 4 is 5.97 Å². The number of rotatable bonds is 2. The van der Waals surface area contributed by atoms with E-state index in [0.29, 0.717) is 0 Å². The molecule has 1 saturated carbocycles. The lowest BCUT2D eigenvalue weighted by Gasteiger charge is -2.17. The van der Waals surface area contributed by atoms with E-state index in [1.807, 2.05) is 0 Å². The van der Waals surface area contributed by atoms with Gasteiger partial charge in [0.2, 0.25) is 0 Å². The molecule has 0 unspecified atom stereocenters. The third-order valence-corrected chi connectivity index (χ3v) is 2.07. The summed E-state index contributed by atoms with van der Waals surface area (Å²) in [5.41, 5.74) is -1.59. The first kappa shape index (κ1) is 9.52. The van der Waals surface area contributed by atoms with Crippen molar-refractivity contribution in [1.29, 1.82) is 0 Å². The quantitative estimate of drug-likeness (QED) is 0.593. The third-order valence-electron chi connectivity index (χ3n) is 2.07. The van der Waals surface area contributed by atoms with E-state index in [2.05, 4.69) is 0 Å². The van der Waals surface area contributed by atoms with Crippen LogP contribution < -0.4 is 0 Å². The molecule has 69 valence electrons. The second-order valence-electron chi connectivity index (χ2n) is 3.82. The number of esters is 1. The monoisotopic (exact) mass is 171 g/mol. The van der Waals surface area contributed by atoms with Gasteiger partial charge in [-0.15, -0.1) is 0 Å². The van der Waals surface area contributed by atoms with E-state index in [9.17, 15) is 9.90 Å². The van der Waals surface area contributed by atoms with Crippen molar-refractivity contribution in [2.75, 3.05) is 0 Å². The van der Waals surface area contributed by atoms with Crippen LogP contribution in [0.25, 0.3) is 0 Å². The van der Waals surface area contributed by atoms with Gasteiger partial charge >= 0.3 is 5.97 Å². The molecule has 1 fully saturated rings. The van der Waals surface area contributed by atoms with Crippen LogP contribution in [-0.4, -0.2) is 17.7 Å². The Labute approximate surface area is 72.7 Å². The van der Waals surface area contributed by atoms with E-state index in [0.717, 1.165) is 25.7 Å². The summed E-state index contributed by atoms with van der Waals surface area (Å²) in [5, 5.41) is 11.1. The predicted molar refractivity (Wildman–Crippen MR) is 43.1 cm³/mol. The number of carbonyl (C=O) groups is 1. The second-order valence-corrected chi connectivity index (χ2v) is 3.82. The van der Waals surface area contributed by atoms with Crippen LogP contribution >= 0.6 is 0 Å². The van der Waals surface area contributed by atoms with Crippen molar-refractivity contribution < 1.29 is 14.6 Å². The highest BCUT2D eigenvalue weighted by Crippen LogP contribution is 2.22. The molecular weight excluding hydrogens is 156 g/mol. The number of ether oxygens (including phenoxy) is 1. The molecule has 0 heterocycles. The van der Waals surface area contributed by atoms with E-state index in [1.54, 1.807) is 0 Å². The van der Waals surface area contributed by atoms with Crippen LogP contribution in [0.4, 0.5) is 0 Å². The first-order chi connectivity index (χ1) is 5.50. The summed E-state index contributed by atoms with van der Waals surface area (Å²) in [6, 6.07) is 0. The zero-order valence-corrected chi connectivity index (χ0v) is 7.63. The van der Waals surface area contributed by atoms with Gasteiger partial charge in [0.05, 0.1) is 0 Å². The molecule has 0 amide bonds. The largest absolute Gasteiger partial charge is 0.460 e. The van der Waals surface area contributed by atoms with Crippen molar-refractivity contribution in [1.82, 2.24) is 0 Å². The van der Waals surface area contributed by atoms with Gasteiger partial charge < -0.3 is 4.74 Å². The molecule has 0 aliphatic heterocycles. The summed E-state index contributed by atoms with van der Waals surface area (Å²) in [7, 11) is 0. The summed E-state index contributed by atoms with van der Waals surface area (Å²) >= 11 is 0. The van der Waals surface area contributed by atoms with E-state index in [-0.39, 0.29) is 6.10 Å². The highest BCUT2D eigenvalue weighted by Gasteiger charge is 2.31. The Kier molecular flexibility index (Phi) is 2.73. The van der Waals surface area contributed by atoms with Crippen molar-refractivity contribution in [3.63, 3.8) is 0 Å². The van der Waals surface area contributed by atoms with Crippen LogP contribution in [-0.2, 0) is 14.6 Å². The molecular formula is C9H15O3. The average molecular weight is 171 g/mol. The smallest absolute Gasteiger partial charge is 0.341 e. The molecule has 0 aromatic rings. The third kappa shape index (κ3) is 2.48. The minimum absolute atomic E-state index is 0.00530. The first-order valence-electron chi connectivity index (χ1n) is 4.41. The lowest BCUT2D eigenvalue weighted by molar-refractivity contribution is -0.173. The molecule has 12 heavy (non-hydrogen) atoms. The number of hydrogen-bond acceptors (Lipinski definition) is 2. The Morgan fingerprint density at radius 3 is 2.25 bits per heavy atom. The lowest BCUT2D eigenvalue weighted by Crippen LogP contribution is -2.34. The summed E-state index contributed by atoms with van der Waals surface area (Å²) < 4.78 is 5.02. The van der Waals surface area contributed by atoms with Crippen molar-refractivity contribution in [3.8, 4) is 0 Å². The highest BCUT2D eigenvalue weighted by molar-refractivity contribution is 5.78. The summed E-state index contributed by atoms with van der Waals surface area (Å²) in [4.78, 5) is 11.1. The fourth-order valence-corrected chi connectivity index (χ4v) is 1.30. The zero-order valence-electron chi connectivity index (χ0n) is 7.63. The Bertz CT molecular complexity index is 163. The van der Waals surface area contributed by atoms with Crippen LogP contribution in [0.3, 0.4) is 0 Å². The Hall–Kier alpha value is -0.570. The van der Waals surface area contributed by atoms with Gasteiger partial charge in [0.15, 0.2) is 5.60 Å². The topological polar surface area (TPSA) is 46.2 Å². The second kappa shape index (κ2) is 3.44. The molecule has 1 aliphatic rings. The Balaban J connectivity index is 2.35. The molecule has 0 bridgehead atoms. The molecule has 0 spiro atoms. The molecule has 0 aromatic carbocycles. The van der Waals surface area contributed by atoms with Crippen LogP contribution in [0.1, 0.15) is 39.5 Å². The number of hydrogen-bond donors (Lipinski definition) is 0. The first-order valence-corrected chi connectivity index (χ1v) is 4.41. The van der Waals surface area contributed by atoms with E-state index in [1.165, 1.54) is 13.8 Å². The summed E-state index contributed by atoms with van der Waals surface area (Å²) in [5.74, 6) is -0.616. The van der Waals surface area contributed by atoms with Crippen LogP contribution in [0.5, 0.6) is 0 Å². The van der Waals surface area contributed by atoms with E-state index < -0.39 is 11.6 Å². The highest BCUT2D eigenvalue weighted by atomic mass is 16.6. The molecule has 0 saturated heterocycles. The van der Waals surface area contributed by atoms with Crippen LogP contribution in [0.15, 0.2) is 0 Å². The maximum atomic E-state index is 11.1. The van der Waals surface area contributed by atoms with E-state index >= 15 is 0 Å². The van der Waals surface area contributed by atoms with Gasteiger partial charge in [0.25, 0.3) is 0 Å². The van der Waals surface area contributed by atoms with Crippen molar-refractivity contribution in [3.05, 3.63) is 0 Å². The minimum atomic E-state index is -1.59. The molecule has 0 N–H and O–H groups in total. The Morgan fingerprint density at radius 1 is 1.33 bits per heavy atom. The van der Waals surface area contributed by atoms with Gasteiger partial charge in [-0.3, -0.25) is 0 Å².